The van der Waals surface area contributed by atoms with Gasteiger partial charge in [-0.25, -0.2) is 0 Å². The third kappa shape index (κ3) is 4.25. The molecule has 0 N–H and O–H groups in total. The summed E-state index contributed by atoms with van der Waals surface area (Å²) in [5, 5.41) is 8.01. The number of aromatic nitrogens is 2. The normalized spacial score (nSPS) is 18.1. The molecule has 1 aliphatic rings. The first kappa shape index (κ1) is 17.6. The Hall–Kier alpha value is -2.21. The van der Waals surface area contributed by atoms with Crippen LogP contribution in [0.5, 0.6) is 0 Å². The van der Waals surface area contributed by atoms with Gasteiger partial charge in [0.05, 0.1) is 6.04 Å². The lowest BCUT2D eigenvalue weighted by Gasteiger charge is -2.37. The number of hydrogen-bond acceptors (Lipinski definition) is 5. The van der Waals surface area contributed by atoms with E-state index in [9.17, 15) is 4.79 Å². The monoisotopic (exact) mass is 342 g/mol. The average Bonchev–Trinajstić information content (AvgIpc) is 3.08. The minimum atomic E-state index is 0.0849. The van der Waals surface area contributed by atoms with Gasteiger partial charge in [0.25, 0.3) is 0 Å². The summed E-state index contributed by atoms with van der Waals surface area (Å²) >= 11 is 0. The summed E-state index contributed by atoms with van der Waals surface area (Å²) in [6, 6.07) is 10.3. The van der Waals surface area contributed by atoms with Crippen molar-refractivity contribution < 1.29 is 9.21 Å². The highest BCUT2D eigenvalue weighted by atomic mass is 16.4. The van der Waals surface area contributed by atoms with Crippen LogP contribution in [-0.4, -0.2) is 52.1 Å². The van der Waals surface area contributed by atoms with Gasteiger partial charge in [-0.05, 0) is 18.4 Å². The van der Waals surface area contributed by atoms with Crippen LogP contribution in [0, 0.1) is 6.92 Å². The second-order valence-electron chi connectivity index (χ2n) is 6.77. The van der Waals surface area contributed by atoms with Gasteiger partial charge in [-0.2, -0.15) is 0 Å². The third-order valence-electron chi connectivity index (χ3n) is 4.96. The lowest BCUT2D eigenvalue weighted by Crippen LogP contribution is -2.49. The summed E-state index contributed by atoms with van der Waals surface area (Å²) in [5.74, 6) is 1.71. The van der Waals surface area contributed by atoms with Crippen LogP contribution >= 0.6 is 0 Å². The van der Waals surface area contributed by atoms with Crippen molar-refractivity contribution in [2.24, 2.45) is 0 Å². The van der Waals surface area contributed by atoms with E-state index in [4.69, 9.17) is 4.42 Å². The molecule has 0 bridgehead atoms. The number of aryl methyl sites for hydroxylation is 1. The van der Waals surface area contributed by atoms with Crippen molar-refractivity contribution in [3.8, 4) is 0 Å². The van der Waals surface area contributed by atoms with Crippen LogP contribution in [0.1, 0.15) is 49.6 Å². The molecule has 0 radical (unpaired) electrons. The van der Waals surface area contributed by atoms with Crippen LogP contribution in [0.15, 0.2) is 34.7 Å². The molecule has 3 rings (SSSR count). The van der Waals surface area contributed by atoms with Gasteiger partial charge >= 0.3 is 0 Å². The maximum Gasteiger partial charge on any atom is 0.233 e. The van der Waals surface area contributed by atoms with E-state index in [1.807, 2.05) is 23.1 Å². The molecule has 2 aromatic rings. The molecule has 6 heteroatoms. The average molecular weight is 342 g/mol. The second kappa shape index (κ2) is 7.78. The summed E-state index contributed by atoms with van der Waals surface area (Å²) in [4.78, 5) is 16.9. The zero-order valence-corrected chi connectivity index (χ0v) is 15.2. The van der Waals surface area contributed by atoms with Crippen molar-refractivity contribution in [2.75, 3.05) is 26.2 Å². The molecule has 1 aliphatic heterocycles. The Morgan fingerprint density at radius 2 is 1.80 bits per heavy atom. The Balaban J connectivity index is 1.51. The van der Waals surface area contributed by atoms with Gasteiger partial charge in [0.1, 0.15) is 0 Å². The molecule has 2 heterocycles. The zero-order valence-electron chi connectivity index (χ0n) is 15.2. The first-order chi connectivity index (χ1) is 12.0. The number of rotatable bonds is 5. The predicted octanol–water partition coefficient (Wildman–Crippen LogP) is 2.78. The van der Waals surface area contributed by atoms with Crippen LogP contribution < -0.4 is 0 Å². The Morgan fingerprint density at radius 3 is 2.40 bits per heavy atom. The number of carbonyl (C=O) groups is 1. The fourth-order valence-electron chi connectivity index (χ4n) is 3.29. The van der Waals surface area contributed by atoms with E-state index in [1.54, 1.807) is 6.92 Å². The van der Waals surface area contributed by atoms with Crippen LogP contribution in [-0.2, 0) is 4.79 Å². The quantitative estimate of drug-likeness (QED) is 0.836. The van der Waals surface area contributed by atoms with Gasteiger partial charge in [0.15, 0.2) is 0 Å². The molecule has 2 unspecified atom stereocenters. The predicted molar refractivity (Wildman–Crippen MR) is 95.1 cm³/mol. The maximum atomic E-state index is 12.6. The molecule has 134 valence electrons. The van der Waals surface area contributed by atoms with Crippen LogP contribution in [0.25, 0.3) is 0 Å². The van der Waals surface area contributed by atoms with E-state index >= 15 is 0 Å². The van der Waals surface area contributed by atoms with Gasteiger partial charge < -0.3 is 9.32 Å². The van der Waals surface area contributed by atoms with Crippen molar-refractivity contribution in [1.29, 1.82) is 0 Å². The molecule has 1 saturated heterocycles. The Morgan fingerprint density at radius 1 is 1.12 bits per heavy atom. The molecule has 1 aromatic carbocycles. The summed E-state index contributed by atoms with van der Waals surface area (Å²) in [6.07, 6.45) is 0.558. The Bertz CT molecular complexity index is 692. The topological polar surface area (TPSA) is 62.5 Å². The highest BCUT2D eigenvalue weighted by molar-refractivity contribution is 5.77. The maximum absolute atomic E-state index is 12.6. The zero-order chi connectivity index (χ0) is 17.8. The summed E-state index contributed by atoms with van der Waals surface area (Å²) < 4.78 is 5.53. The molecule has 1 fully saturated rings. The minimum Gasteiger partial charge on any atom is -0.424 e. The molecule has 2 atom stereocenters. The van der Waals surface area contributed by atoms with E-state index < -0.39 is 0 Å². The van der Waals surface area contributed by atoms with Gasteiger partial charge in [0.2, 0.25) is 17.7 Å². The van der Waals surface area contributed by atoms with E-state index in [2.05, 4.69) is 41.1 Å². The molecular formula is C19H26N4O2. The smallest absolute Gasteiger partial charge is 0.233 e. The van der Waals surface area contributed by atoms with Crippen molar-refractivity contribution in [3.63, 3.8) is 0 Å². The number of amides is 1. The summed E-state index contributed by atoms with van der Waals surface area (Å²) in [7, 11) is 0. The first-order valence-corrected chi connectivity index (χ1v) is 8.91. The Kier molecular flexibility index (Phi) is 5.48. The fourth-order valence-corrected chi connectivity index (χ4v) is 3.29. The Labute approximate surface area is 148 Å². The SMILES string of the molecule is Cc1nnc(C(C)N2CCN(C(=O)CC(C)c3ccccc3)CC2)o1. The first-order valence-electron chi connectivity index (χ1n) is 8.91. The highest BCUT2D eigenvalue weighted by Gasteiger charge is 2.27. The number of nitrogens with zero attached hydrogens (tertiary/aromatic N) is 4. The summed E-state index contributed by atoms with van der Waals surface area (Å²) in [6.45, 7) is 9.14. The molecule has 1 amide bonds. The molecule has 0 saturated carbocycles. The van der Waals surface area contributed by atoms with E-state index in [0.29, 0.717) is 18.2 Å². The van der Waals surface area contributed by atoms with Gasteiger partial charge in [0, 0.05) is 39.5 Å². The van der Waals surface area contributed by atoms with Gasteiger partial charge in [-0.3, -0.25) is 9.69 Å². The van der Waals surface area contributed by atoms with E-state index in [1.165, 1.54) is 5.56 Å². The largest absolute Gasteiger partial charge is 0.424 e. The lowest BCUT2D eigenvalue weighted by molar-refractivity contribution is -0.133. The molecule has 1 aromatic heterocycles. The van der Waals surface area contributed by atoms with Crippen molar-refractivity contribution in [2.45, 2.75) is 39.2 Å². The molecular weight excluding hydrogens is 316 g/mol. The molecule has 0 spiro atoms. The van der Waals surface area contributed by atoms with Crippen molar-refractivity contribution in [3.05, 3.63) is 47.7 Å². The van der Waals surface area contributed by atoms with Crippen molar-refractivity contribution in [1.82, 2.24) is 20.0 Å². The third-order valence-corrected chi connectivity index (χ3v) is 4.96. The summed E-state index contributed by atoms with van der Waals surface area (Å²) in [5.41, 5.74) is 1.22. The van der Waals surface area contributed by atoms with E-state index in [0.717, 1.165) is 26.2 Å². The fraction of sp³-hybridized carbons (Fsp3) is 0.526. The van der Waals surface area contributed by atoms with Crippen LogP contribution in [0.2, 0.25) is 0 Å². The number of carbonyl (C=O) groups excluding carboxylic acids is 1. The van der Waals surface area contributed by atoms with Gasteiger partial charge in [-0.1, -0.05) is 37.3 Å². The van der Waals surface area contributed by atoms with E-state index in [-0.39, 0.29) is 17.9 Å². The molecule has 6 nitrogen and oxygen atoms in total. The van der Waals surface area contributed by atoms with Gasteiger partial charge in [-0.15, -0.1) is 10.2 Å². The lowest BCUT2D eigenvalue weighted by atomic mass is 9.97. The van der Waals surface area contributed by atoms with Crippen LogP contribution in [0.3, 0.4) is 0 Å². The minimum absolute atomic E-state index is 0.0849. The molecule has 25 heavy (non-hydrogen) atoms. The standard InChI is InChI=1S/C19H26N4O2/c1-14(17-7-5-4-6-8-17)13-18(24)23-11-9-22(10-12-23)15(2)19-21-20-16(3)25-19/h4-8,14-15H,9-13H2,1-3H3. The molecule has 0 aliphatic carbocycles. The number of benzene rings is 1. The van der Waals surface area contributed by atoms with Crippen molar-refractivity contribution >= 4 is 5.91 Å². The second-order valence-corrected chi connectivity index (χ2v) is 6.77. The van der Waals surface area contributed by atoms with Crippen LogP contribution in [0.4, 0.5) is 0 Å². The number of piperazine rings is 1. The number of hydrogen-bond donors (Lipinski definition) is 0. The highest BCUT2D eigenvalue weighted by Crippen LogP contribution is 2.23.